The summed E-state index contributed by atoms with van der Waals surface area (Å²) in [5.41, 5.74) is 1.19. The molecule has 0 aliphatic carbocycles. The van der Waals surface area contributed by atoms with Crippen LogP contribution in [0.2, 0.25) is 0 Å². The van der Waals surface area contributed by atoms with Crippen molar-refractivity contribution < 1.29 is 22.0 Å². The van der Waals surface area contributed by atoms with Crippen molar-refractivity contribution in [3.8, 4) is 0 Å². The van der Waals surface area contributed by atoms with Crippen LogP contribution in [0.4, 0.5) is 36.3 Å². The SMILES string of the molecule is Cc1cc2c(cc1NC(=O)Nc1c(F)cccc1F)N(C)S(=O)(=O)N2C. The first kappa shape index (κ1) is 17.9. The Morgan fingerprint density at radius 1 is 1.00 bits per heavy atom. The minimum absolute atomic E-state index is 0.315. The molecule has 10 heteroatoms. The van der Waals surface area contributed by atoms with E-state index in [0.717, 1.165) is 20.7 Å². The Labute approximate surface area is 149 Å². The molecule has 2 N–H and O–H groups in total. The summed E-state index contributed by atoms with van der Waals surface area (Å²) in [6, 6.07) is 5.47. The van der Waals surface area contributed by atoms with Crippen molar-refractivity contribution >= 4 is 39.0 Å². The van der Waals surface area contributed by atoms with E-state index >= 15 is 0 Å². The van der Waals surface area contributed by atoms with Crippen molar-refractivity contribution in [1.82, 2.24) is 0 Å². The van der Waals surface area contributed by atoms with Crippen LogP contribution in [0, 0.1) is 18.6 Å². The van der Waals surface area contributed by atoms with Gasteiger partial charge >= 0.3 is 16.2 Å². The van der Waals surface area contributed by atoms with E-state index in [1.54, 1.807) is 13.0 Å². The van der Waals surface area contributed by atoms with Crippen LogP contribution in [0.5, 0.6) is 0 Å². The number of halogens is 2. The number of amides is 2. The lowest BCUT2D eigenvalue weighted by Crippen LogP contribution is -2.32. The maximum atomic E-state index is 13.6. The lowest BCUT2D eigenvalue weighted by molar-refractivity contribution is 0.262. The van der Waals surface area contributed by atoms with Gasteiger partial charge in [-0.3, -0.25) is 8.61 Å². The number of benzene rings is 2. The van der Waals surface area contributed by atoms with Gasteiger partial charge in [-0.25, -0.2) is 13.6 Å². The van der Waals surface area contributed by atoms with E-state index in [1.165, 1.54) is 26.2 Å². The summed E-state index contributed by atoms with van der Waals surface area (Å²) in [6.07, 6.45) is 0. The van der Waals surface area contributed by atoms with E-state index in [-0.39, 0.29) is 0 Å². The predicted molar refractivity (Wildman–Crippen MR) is 95.9 cm³/mol. The quantitative estimate of drug-likeness (QED) is 0.838. The van der Waals surface area contributed by atoms with Crippen LogP contribution < -0.4 is 19.2 Å². The molecule has 0 bridgehead atoms. The highest BCUT2D eigenvalue weighted by atomic mass is 32.2. The fourth-order valence-corrected chi connectivity index (χ4v) is 3.79. The molecule has 0 saturated carbocycles. The number of carbonyl (C=O) groups is 1. The van der Waals surface area contributed by atoms with Crippen molar-refractivity contribution in [1.29, 1.82) is 0 Å². The van der Waals surface area contributed by atoms with E-state index < -0.39 is 33.6 Å². The largest absolute Gasteiger partial charge is 0.326 e. The van der Waals surface area contributed by atoms with Crippen molar-refractivity contribution in [2.45, 2.75) is 6.92 Å². The van der Waals surface area contributed by atoms with E-state index in [4.69, 9.17) is 0 Å². The normalized spacial score (nSPS) is 15.0. The zero-order valence-electron chi connectivity index (χ0n) is 14.2. The van der Waals surface area contributed by atoms with Gasteiger partial charge < -0.3 is 10.6 Å². The average Bonchev–Trinajstić information content (AvgIpc) is 2.73. The van der Waals surface area contributed by atoms with Crippen LogP contribution in [0.1, 0.15) is 5.56 Å². The van der Waals surface area contributed by atoms with Crippen molar-refractivity contribution in [2.75, 3.05) is 33.3 Å². The fourth-order valence-electron chi connectivity index (χ4n) is 2.64. The smallest absolute Gasteiger partial charge is 0.307 e. The van der Waals surface area contributed by atoms with Gasteiger partial charge in [-0.05, 0) is 36.8 Å². The van der Waals surface area contributed by atoms with Crippen LogP contribution >= 0.6 is 0 Å². The highest BCUT2D eigenvalue weighted by molar-refractivity contribution is 7.94. The topological polar surface area (TPSA) is 81.8 Å². The third-order valence-electron chi connectivity index (χ3n) is 4.14. The summed E-state index contributed by atoms with van der Waals surface area (Å²) in [6.45, 7) is 1.68. The number of aryl methyl sites for hydroxylation is 1. The second-order valence-corrected chi connectivity index (χ2v) is 7.77. The van der Waals surface area contributed by atoms with Crippen LogP contribution in [0.25, 0.3) is 0 Å². The molecule has 138 valence electrons. The van der Waals surface area contributed by atoms with Gasteiger partial charge in [0.25, 0.3) is 0 Å². The Morgan fingerprint density at radius 3 is 2.12 bits per heavy atom. The predicted octanol–water partition coefficient (Wildman–Crippen LogP) is 3.05. The van der Waals surface area contributed by atoms with Crippen molar-refractivity contribution in [3.05, 3.63) is 47.5 Å². The Kier molecular flexibility index (Phi) is 4.23. The first-order chi connectivity index (χ1) is 12.1. The molecular formula is C16H16F2N4O3S. The molecule has 0 spiro atoms. The Hall–Kier alpha value is -2.88. The maximum Gasteiger partial charge on any atom is 0.326 e. The third-order valence-corrected chi connectivity index (χ3v) is 5.92. The molecule has 0 aromatic heterocycles. The van der Waals surface area contributed by atoms with E-state index in [1.807, 2.05) is 0 Å². The van der Waals surface area contributed by atoms with Crippen molar-refractivity contribution in [2.24, 2.45) is 0 Å². The number of fused-ring (bicyclic) bond motifs is 1. The molecule has 0 saturated heterocycles. The minimum atomic E-state index is -3.65. The van der Waals surface area contributed by atoms with Gasteiger partial charge in [0.2, 0.25) is 0 Å². The molecule has 2 aromatic carbocycles. The summed E-state index contributed by atoms with van der Waals surface area (Å²) in [7, 11) is -0.823. The van der Waals surface area contributed by atoms with Gasteiger partial charge in [-0.1, -0.05) is 6.07 Å². The van der Waals surface area contributed by atoms with Gasteiger partial charge in [-0.2, -0.15) is 8.42 Å². The van der Waals surface area contributed by atoms with Gasteiger partial charge in [-0.15, -0.1) is 0 Å². The highest BCUT2D eigenvalue weighted by Gasteiger charge is 2.36. The molecule has 1 aliphatic heterocycles. The van der Waals surface area contributed by atoms with E-state index in [2.05, 4.69) is 10.6 Å². The standard InChI is InChI=1S/C16H16F2N4O3S/c1-9-7-13-14(22(3)26(24,25)21(13)2)8-12(9)19-16(23)20-15-10(17)5-4-6-11(15)18/h4-8H,1-3H3,(H2,19,20,23). The highest BCUT2D eigenvalue weighted by Crippen LogP contribution is 2.41. The molecular weight excluding hydrogens is 366 g/mol. The first-order valence-corrected chi connectivity index (χ1v) is 8.92. The van der Waals surface area contributed by atoms with E-state index in [9.17, 15) is 22.0 Å². The third kappa shape index (κ3) is 2.81. The lowest BCUT2D eigenvalue weighted by atomic mass is 10.1. The molecule has 3 rings (SSSR count). The molecule has 1 heterocycles. The fraction of sp³-hybridized carbons (Fsp3) is 0.188. The molecule has 26 heavy (non-hydrogen) atoms. The first-order valence-electron chi connectivity index (χ1n) is 7.52. The maximum absolute atomic E-state index is 13.6. The molecule has 0 fully saturated rings. The zero-order chi connectivity index (χ0) is 19.2. The molecule has 2 aromatic rings. The molecule has 0 unspecified atom stereocenters. The number of hydrogen-bond donors (Lipinski definition) is 2. The molecule has 2 amide bonds. The number of para-hydroxylation sites is 1. The van der Waals surface area contributed by atoms with Gasteiger partial charge in [0.1, 0.15) is 17.3 Å². The summed E-state index contributed by atoms with van der Waals surface area (Å²) < 4.78 is 53.8. The van der Waals surface area contributed by atoms with Crippen LogP contribution in [-0.4, -0.2) is 28.5 Å². The number of hydrogen-bond acceptors (Lipinski definition) is 3. The Bertz CT molecular complexity index is 991. The second-order valence-electron chi connectivity index (χ2n) is 5.77. The van der Waals surface area contributed by atoms with E-state index in [0.29, 0.717) is 22.6 Å². The molecule has 0 radical (unpaired) electrons. The number of nitrogens with one attached hydrogen (secondary N) is 2. The summed E-state index contributed by atoms with van der Waals surface area (Å²) in [5.74, 6) is -1.81. The summed E-state index contributed by atoms with van der Waals surface area (Å²) >= 11 is 0. The monoisotopic (exact) mass is 382 g/mol. The molecule has 7 nitrogen and oxygen atoms in total. The zero-order valence-corrected chi connectivity index (χ0v) is 15.0. The second kappa shape index (κ2) is 6.13. The van der Waals surface area contributed by atoms with Gasteiger partial charge in [0, 0.05) is 19.8 Å². The molecule has 1 aliphatic rings. The van der Waals surface area contributed by atoms with Crippen LogP contribution in [-0.2, 0) is 10.2 Å². The number of nitrogens with zero attached hydrogens (tertiary/aromatic N) is 2. The van der Waals surface area contributed by atoms with Gasteiger partial charge in [0.15, 0.2) is 0 Å². The van der Waals surface area contributed by atoms with Crippen LogP contribution in [0.3, 0.4) is 0 Å². The van der Waals surface area contributed by atoms with Gasteiger partial charge in [0.05, 0.1) is 11.4 Å². The number of urea groups is 1. The van der Waals surface area contributed by atoms with Crippen molar-refractivity contribution in [3.63, 3.8) is 0 Å². The minimum Gasteiger partial charge on any atom is -0.307 e. The summed E-state index contributed by atoms with van der Waals surface area (Å²) in [4.78, 5) is 12.1. The molecule has 0 atom stereocenters. The lowest BCUT2D eigenvalue weighted by Gasteiger charge is -2.14. The number of rotatable bonds is 2. The number of carbonyl (C=O) groups excluding carboxylic acids is 1. The summed E-state index contributed by atoms with van der Waals surface area (Å²) in [5, 5.41) is 4.60. The Morgan fingerprint density at radius 2 is 1.54 bits per heavy atom. The average molecular weight is 382 g/mol. The Balaban J connectivity index is 1.88. The number of anilines is 4. The van der Waals surface area contributed by atoms with Crippen LogP contribution in [0.15, 0.2) is 30.3 Å².